The number of aryl methyl sites for hydroxylation is 1. The summed E-state index contributed by atoms with van der Waals surface area (Å²) in [5, 5.41) is 0. The Hall–Kier alpha value is -1.46. The summed E-state index contributed by atoms with van der Waals surface area (Å²) in [6.45, 7) is 3.06. The van der Waals surface area contributed by atoms with Crippen LogP contribution < -0.4 is 0 Å². The molecule has 0 N–H and O–H groups in total. The molecule has 0 aromatic carbocycles. The molecule has 0 aliphatic heterocycles. The lowest BCUT2D eigenvalue weighted by molar-refractivity contribution is 0.0501. The Balaban J connectivity index is 3.00. The highest BCUT2D eigenvalue weighted by Crippen LogP contribution is 2.24. The largest absolute Gasteiger partial charge is 0.461 e. The molecule has 14 heavy (non-hydrogen) atoms. The summed E-state index contributed by atoms with van der Waals surface area (Å²) < 4.78 is 33.7. The standard InChI is InChI=1S/C8H9F2NO3/c1-3-13-8(12)5-6(7(9)10)14-4(2)11-5/h7H,3H2,1-2H3. The first-order valence-corrected chi connectivity index (χ1v) is 3.98. The second-order valence-corrected chi connectivity index (χ2v) is 2.47. The number of rotatable bonds is 3. The number of carbonyl (C=O) groups is 1. The van der Waals surface area contributed by atoms with Gasteiger partial charge in [-0.2, -0.15) is 0 Å². The highest BCUT2D eigenvalue weighted by Gasteiger charge is 2.26. The predicted octanol–water partition coefficient (Wildman–Crippen LogP) is 2.10. The molecule has 4 nitrogen and oxygen atoms in total. The van der Waals surface area contributed by atoms with Crippen LogP contribution in [0.1, 0.15) is 35.5 Å². The van der Waals surface area contributed by atoms with Gasteiger partial charge in [-0.3, -0.25) is 0 Å². The fourth-order valence-corrected chi connectivity index (χ4v) is 0.936. The molecule has 0 aliphatic carbocycles. The van der Waals surface area contributed by atoms with Crippen molar-refractivity contribution in [2.45, 2.75) is 20.3 Å². The lowest BCUT2D eigenvalue weighted by Gasteiger charge is -1.99. The summed E-state index contributed by atoms with van der Waals surface area (Å²) in [6, 6.07) is 0. The monoisotopic (exact) mass is 205 g/mol. The molecule has 0 amide bonds. The smallest absolute Gasteiger partial charge is 0.360 e. The normalized spacial score (nSPS) is 10.6. The Morgan fingerprint density at radius 1 is 1.64 bits per heavy atom. The van der Waals surface area contributed by atoms with Crippen LogP contribution in [-0.2, 0) is 4.74 Å². The van der Waals surface area contributed by atoms with E-state index in [0.717, 1.165) is 0 Å². The molecule has 6 heteroatoms. The van der Waals surface area contributed by atoms with E-state index in [-0.39, 0.29) is 12.5 Å². The Labute approximate surface area is 78.9 Å². The van der Waals surface area contributed by atoms with Crippen LogP contribution >= 0.6 is 0 Å². The molecule has 0 radical (unpaired) electrons. The predicted molar refractivity (Wildman–Crippen MR) is 42.2 cm³/mol. The van der Waals surface area contributed by atoms with Gasteiger partial charge in [0.1, 0.15) is 0 Å². The average molecular weight is 205 g/mol. The van der Waals surface area contributed by atoms with Crippen LogP contribution in [0.2, 0.25) is 0 Å². The van der Waals surface area contributed by atoms with E-state index in [1.165, 1.54) is 6.92 Å². The number of alkyl halides is 2. The molecular weight excluding hydrogens is 196 g/mol. The van der Waals surface area contributed by atoms with E-state index in [2.05, 4.69) is 14.1 Å². The van der Waals surface area contributed by atoms with E-state index in [4.69, 9.17) is 0 Å². The summed E-state index contributed by atoms with van der Waals surface area (Å²) in [5.41, 5.74) is -0.445. The fraction of sp³-hybridized carbons (Fsp3) is 0.500. The molecule has 1 rings (SSSR count). The Kier molecular flexibility index (Phi) is 3.16. The van der Waals surface area contributed by atoms with Gasteiger partial charge in [0.05, 0.1) is 6.61 Å². The molecule has 1 heterocycles. The molecular formula is C8H9F2NO3. The molecule has 0 atom stereocenters. The van der Waals surface area contributed by atoms with Crippen molar-refractivity contribution in [3.05, 3.63) is 17.3 Å². The van der Waals surface area contributed by atoms with Gasteiger partial charge < -0.3 is 9.15 Å². The molecule has 0 fully saturated rings. The number of hydrogen-bond donors (Lipinski definition) is 0. The number of esters is 1. The maximum atomic E-state index is 12.3. The van der Waals surface area contributed by atoms with E-state index in [1.807, 2.05) is 0 Å². The van der Waals surface area contributed by atoms with Crippen LogP contribution in [0, 0.1) is 6.92 Å². The third-order valence-corrected chi connectivity index (χ3v) is 1.43. The number of carbonyl (C=O) groups excluding carboxylic acids is 1. The highest BCUT2D eigenvalue weighted by atomic mass is 19.3. The van der Waals surface area contributed by atoms with Gasteiger partial charge in [-0.1, -0.05) is 0 Å². The van der Waals surface area contributed by atoms with Crippen molar-refractivity contribution in [2.75, 3.05) is 6.61 Å². The first-order chi connectivity index (χ1) is 6.56. The maximum absolute atomic E-state index is 12.3. The highest BCUT2D eigenvalue weighted by molar-refractivity contribution is 5.88. The van der Waals surface area contributed by atoms with E-state index >= 15 is 0 Å². The van der Waals surface area contributed by atoms with Crippen molar-refractivity contribution in [2.24, 2.45) is 0 Å². The van der Waals surface area contributed by atoms with Crippen molar-refractivity contribution < 1.29 is 22.7 Å². The van der Waals surface area contributed by atoms with E-state index in [0.29, 0.717) is 0 Å². The Morgan fingerprint density at radius 3 is 2.79 bits per heavy atom. The van der Waals surface area contributed by atoms with Crippen LogP contribution in [0.4, 0.5) is 8.78 Å². The molecule has 1 aromatic rings. The SMILES string of the molecule is CCOC(=O)c1nc(C)oc1C(F)F. The zero-order valence-electron chi connectivity index (χ0n) is 7.71. The number of aromatic nitrogens is 1. The lowest BCUT2D eigenvalue weighted by Crippen LogP contribution is -2.08. The molecule has 0 unspecified atom stereocenters. The van der Waals surface area contributed by atoms with Crippen LogP contribution in [-0.4, -0.2) is 17.6 Å². The van der Waals surface area contributed by atoms with Crippen molar-refractivity contribution in [1.29, 1.82) is 0 Å². The second kappa shape index (κ2) is 4.17. The van der Waals surface area contributed by atoms with Crippen molar-refractivity contribution in [3.63, 3.8) is 0 Å². The molecule has 0 bridgehead atoms. The minimum Gasteiger partial charge on any atom is -0.461 e. The first kappa shape index (κ1) is 10.6. The zero-order valence-corrected chi connectivity index (χ0v) is 7.71. The lowest BCUT2D eigenvalue weighted by atomic mass is 10.3. The third kappa shape index (κ3) is 2.07. The van der Waals surface area contributed by atoms with Gasteiger partial charge in [0, 0.05) is 6.92 Å². The molecule has 78 valence electrons. The molecule has 0 spiro atoms. The van der Waals surface area contributed by atoms with Gasteiger partial charge >= 0.3 is 5.97 Å². The van der Waals surface area contributed by atoms with E-state index in [9.17, 15) is 13.6 Å². The summed E-state index contributed by atoms with van der Waals surface area (Å²) >= 11 is 0. The van der Waals surface area contributed by atoms with Gasteiger partial charge in [0.2, 0.25) is 5.76 Å². The van der Waals surface area contributed by atoms with Gasteiger partial charge in [-0.25, -0.2) is 18.6 Å². The molecule has 0 aliphatic rings. The number of hydrogen-bond acceptors (Lipinski definition) is 4. The topological polar surface area (TPSA) is 52.3 Å². The molecule has 0 saturated heterocycles. The average Bonchev–Trinajstić information content (AvgIpc) is 2.48. The van der Waals surface area contributed by atoms with Gasteiger partial charge in [0.25, 0.3) is 6.43 Å². The third-order valence-electron chi connectivity index (χ3n) is 1.43. The quantitative estimate of drug-likeness (QED) is 0.709. The van der Waals surface area contributed by atoms with E-state index < -0.39 is 23.8 Å². The molecule has 0 saturated carbocycles. The Morgan fingerprint density at radius 2 is 2.29 bits per heavy atom. The van der Waals surface area contributed by atoms with Crippen LogP contribution in [0.15, 0.2) is 4.42 Å². The minimum absolute atomic E-state index is 0.0170. The summed E-state index contributed by atoms with van der Waals surface area (Å²) in [5.74, 6) is -1.61. The first-order valence-electron chi connectivity index (χ1n) is 3.98. The summed E-state index contributed by atoms with van der Waals surface area (Å²) in [4.78, 5) is 14.6. The second-order valence-electron chi connectivity index (χ2n) is 2.47. The minimum atomic E-state index is -2.87. The Bertz CT molecular complexity index is 335. The van der Waals surface area contributed by atoms with Gasteiger partial charge in [-0.15, -0.1) is 0 Å². The van der Waals surface area contributed by atoms with Crippen molar-refractivity contribution in [3.8, 4) is 0 Å². The number of nitrogens with zero attached hydrogens (tertiary/aromatic N) is 1. The van der Waals surface area contributed by atoms with Gasteiger partial charge in [-0.05, 0) is 6.92 Å². The number of oxazole rings is 1. The van der Waals surface area contributed by atoms with E-state index in [1.54, 1.807) is 6.92 Å². The summed E-state index contributed by atoms with van der Waals surface area (Å²) in [7, 11) is 0. The number of ether oxygens (including phenoxy) is 1. The van der Waals surface area contributed by atoms with Crippen molar-refractivity contribution in [1.82, 2.24) is 4.98 Å². The van der Waals surface area contributed by atoms with Crippen LogP contribution in [0.25, 0.3) is 0 Å². The van der Waals surface area contributed by atoms with Gasteiger partial charge in [0.15, 0.2) is 11.6 Å². The maximum Gasteiger partial charge on any atom is 0.360 e. The number of halogens is 2. The van der Waals surface area contributed by atoms with Crippen LogP contribution in [0.5, 0.6) is 0 Å². The van der Waals surface area contributed by atoms with Crippen LogP contribution in [0.3, 0.4) is 0 Å². The van der Waals surface area contributed by atoms with Crippen molar-refractivity contribution >= 4 is 5.97 Å². The summed E-state index contributed by atoms with van der Waals surface area (Å²) in [6.07, 6.45) is -2.87. The fourth-order valence-electron chi connectivity index (χ4n) is 0.936. The molecule has 1 aromatic heterocycles. The zero-order chi connectivity index (χ0) is 10.7.